The number of hydrogen-bond donors (Lipinski definition) is 2. The van der Waals surface area contributed by atoms with E-state index in [2.05, 4.69) is 0 Å². The fourth-order valence-electron chi connectivity index (χ4n) is 3.47. The highest BCUT2D eigenvalue weighted by Gasteiger charge is 2.33. The minimum absolute atomic E-state index is 0.0208. The zero-order chi connectivity index (χ0) is 22.8. The highest BCUT2D eigenvalue weighted by molar-refractivity contribution is 5.91. The molecule has 0 spiro atoms. The Morgan fingerprint density at radius 2 is 1.48 bits per heavy atom. The molecule has 2 atom stereocenters. The molecule has 1 fully saturated rings. The summed E-state index contributed by atoms with van der Waals surface area (Å²) in [5, 5.41) is 8.23. The molecule has 2 aromatic rings. The van der Waals surface area contributed by atoms with Crippen LogP contribution in [0.4, 0.5) is 0 Å². The molecule has 0 aliphatic carbocycles. The number of carboxylic acid groups (broad SMARTS) is 1. The van der Waals surface area contributed by atoms with Gasteiger partial charge in [-0.3, -0.25) is 14.4 Å². The second-order valence-corrected chi connectivity index (χ2v) is 8.14. The summed E-state index contributed by atoms with van der Waals surface area (Å²) in [6.07, 6.45) is 2.47. The van der Waals surface area contributed by atoms with E-state index < -0.39 is 12.0 Å². The number of nitrogens with two attached hydrogens (primary N) is 1. The highest BCUT2D eigenvalue weighted by atomic mass is 16.4. The van der Waals surface area contributed by atoms with Crippen LogP contribution in [0.15, 0.2) is 60.7 Å². The lowest BCUT2D eigenvalue weighted by molar-refractivity contribution is -0.139. The van der Waals surface area contributed by atoms with Gasteiger partial charge in [0.05, 0.1) is 12.5 Å². The molecule has 0 bridgehead atoms. The largest absolute Gasteiger partial charge is 0.480 e. The number of carbonyl (C=O) groups excluding carboxylic acids is 2. The predicted octanol–water partition coefficient (Wildman–Crippen LogP) is 3.09. The number of nitrogens with zero attached hydrogens (tertiary/aromatic N) is 1. The van der Waals surface area contributed by atoms with Crippen molar-refractivity contribution < 1.29 is 19.5 Å². The number of aliphatic carboxylic acids is 1. The monoisotopic (exact) mass is 424 g/mol. The van der Waals surface area contributed by atoms with Gasteiger partial charge in [-0.1, -0.05) is 74.5 Å². The van der Waals surface area contributed by atoms with E-state index >= 15 is 0 Å². The van der Waals surface area contributed by atoms with Crippen LogP contribution in [-0.2, 0) is 27.2 Å². The minimum Gasteiger partial charge on any atom is -0.480 e. The van der Waals surface area contributed by atoms with Gasteiger partial charge in [-0.2, -0.15) is 0 Å². The molecule has 1 saturated heterocycles. The second-order valence-electron chi connectivity index (χ2n) is 8.14. The molecule has 1 aliphatic rings. The Kier molecular flexibility index (Phi) is 9.40. The lowest BCUT2D eigenvalue weighted by Crippen LogP contribution is -2.41. The van der Waals surface area contributed by atoms with Crippen LogP contribution < -0.4 is 5.73 Å². The van der Waals surface area contributed by atoms with Crippen molar-refractivity contribution in [3.8, 4) is 0 Å². The van der Waals surface area contributed by atoms with E-state index in [1.807, 2.05) is 60.7 Å². The minimum atomic E-state index is -0.931. The molecule has 31 heavy (non-hydrogen) atoms. The lowest BCUT2D eigenvalue weighted by Gasteiger charge is -2.24. The third kappa shape index (κ3) is 7.64. The van der Waals surface area contributed by atoms with Crippen LogP contribution in [0.25, 0.3) is 0 Å². The van der Waals surface area contributed by atoms with Gasteiger partial charge in [0.2, 0.25) is 5.91 Å². The molecule has 6 nitrogen and oxygen atoms in total. The van der Waals surface area contributed by atoms with Crippen molar-refractivity contribution in [2.75, 3.05) is 6.54 Å². The smallest absolute Gasteiger partial charge is 0.320 e. The van der Waals surface area contributed by atoms with E-state index in [1.54, 1.807) is 18.7 Å². The van der Waals surface area contributed by atoms with Crippen LogP contribution in [0.5, 0.6) is 0 Å². The summed E-state index contributed by atoms with van der Waals surface area (Å²) in [7, 11) is 0. The van der Waals surface area contributed by atoms with Crippen molar-refractivity contribution in [1.82, 2.24) is 4.90 Å². The van der Waals surface area contributed by atoms with Gasteiger partial charge in [0.1, 0.15) is 6.04 Å². The maximum Gasteiger partial charge on any atom is 0.320 e. The number of ketones is 1. The van der Waals surface area contributed by atoms with Crippen molar-refractivity contribution in [2.45, 2.75) is 51.6 Å². The third-order valence-electron chi connectivity index (χ3n) is 5.37. The van der Waals surface area contributed by atoms with Gasteiger partial charge in [0.15, 0.2) is 5.78 Å². The van der Waals surface area contributed by atoms with Crippen molar-refractivity contribution in [3.05, 3.63) is 71.8 Å². The Morgan fingerprint density at radius 1 is 0.968 bits per heavy atom. The SMILES string of the molecule is CC(C)[C@H](N)C(=O)O.O=C(Cc1ccccc1)C1CCCN1C(=O)Cc1ccccc1. The zero-order valence-corrected chi connectivity index (χ0v) is 18.2. The standard InChI is InChI=1S/C20H21NO2.C5H11NO2/c22-19(14-16-8-3-1-4-9-16)18-12-7-13-21(18)20(23)15-17-10-5-2-6-11-17;1-3(2)4(6)5(7)8/h1-6,8-11,18H,7,12-15H2;3-4H,6H2,1-2H3,(H,7,8)/t;4-/m.0/s1. The first-order chi connectivity index (χ1) is 14.8. The Labute approximate surface area is 184 Å². The van der Waals surface area contributed by atoms with E-state index in [1.165, 1.54) is 0 Å². The number of Topliss-reactive ketones (excluding diaryl/α,β-unsaturated/α-hetero) is 1. The van der Waals surface area contributed by atoms with Gasteiger partial charge in [-0.05, 0) is 29.9 Å². The molecule has 0 radical (unpaired) electrons. The summed E-state index contributed by atoms with van der Waals surface area (Å²) in [6.45, 7) is 4.24. The van der Waals surface area contributed by atoms with E-state index in [9.17, 15) is 14.4 Å². The van der Waals surface area contributed by atoms with E-state index in [0.29, 0.717) is 19.4 Å². The molecule has 2 aromatic carbocycles. The first-order valence-corrected chi connectivity index (χ1v) is 10.7. The van der Waals surface area contributed by atoms with E-state index in [-0.39, 0.29) is 23.7 Å². The average Bonchev–Trinajstić information content (AvgIpc) is 3.25. The number of amides is 1. The molecular formula is C25H32N2O4. The van der Waals surface area contributed by atoms with E-state index in [4.69, 9.17) is 10.8 Å². The summed E-state index contributed by atoms with van der Waals surface area (Å²) in [4.78, 5) is 36.9. The van der Waals surface area contributed by atoms with Crippen LogP contribution in [0.3, 0.4) is 0 Å². The van der Waals surface area contributed by atoms with Gasteiger partial charge >= 0.3 is 5.97 Å². The van der Waals surface area contributed by atoms with Gasteiger partial charge in [0.25, 0.3) is 0 Å². The lowest BCUT2D eigenvalue weighted by atomic mass is 10.0. The fourth-order valence-corrected chi connectivity index (χ4v) is 3.47. The topological polar surface area (TPSA) is 101 Å². The number of benzene rings is 2. The van der Waals surface area contributed by atoms with Crippen LogP contribution in [0.2, 0.25) is 0 Å². The highest BCUT2D eigenvalue weighted by Crippen LogP contribution is 2.21. The van der Waals surface area contributed by atoms with Crippen LogP contribution in [0.1, 0.15) is 37.8 Å². The quantitative estimate of drug-likeness (QED) is 0.711. The number of hydrogen-bond acceptors (Lipinski definition) is 4. The number of carbonyl (C=O) groups is 3. The molecule has 3 rings (SSSR count). The molecule has 1 heterocycles. The molecule has 0 aromatic heterocycles. The molecular weight excluding hydrogens is 392 g/mol. The maximum atomic E-state index is 12.6. The summed E-state index contributed by atoms with van der Waals surface area (Å²) >= 11 is 0. The van der Waals surface area contributed by atoms with Crippen LogP contribution >= 0.6 is 0 Å². The second kappa shape index (κ2) is 12.0. The first kappa shape index (κ1) is 24.3. The molecule has 166 valence electrons. The summed E-state index contributed by atoms with van der Waals surface area (Å²) in [6, 6.07) is 18.5. The van der Waals surface area contributed by atoms with Gasteiger partial charge in [0, 0.05) is 13.0 Å². The number of rotatable bonds is 7. The van der Waals surface area contributed by atoms with Gasteiger partial charge in [-0.25, -0.2) is 0 Å². The molecule has 3 N–H and O–H groups in total. The Bertz CT molecular complexity index is 793. The van der Waals surface area contributed by atoms with Crippen LogP contribution in [-0.4, -0.2) is 46.3 Å². The van der Waals surface area contributed by atoms with Gasteiger partial charge in [-0.15, -0.1) is 0 Å². The molecule has 1 aliphatic heterocycles. The number of likely N-dealkylation sites (tertiary alicyclic amines) is 1. The summed E-state index contributed by atoms with van der Waals surface area (Å²) in [5.41, 5.74) is 7.17. The third-order valence-corrected chi connectivity index (χ3v) is 5.37. The van der Waals surface area contributed by atoms with Crippen molar-refractivity contribution in [3.63, 3.8) is 0 Å². The fraction of sp³-hybridized carbons (Fsp3) is 0.400. The maximum absolute atomic E-state index is 12.6. The predicted molar refractivity (Wildman–Crippen MR) is 120 cm³/mol. The Balaban J connectivity index is 0.000000366. The Morgan fingerprint density at radius 3 is 1.94 bits per heavy atom. The molecule has 6 heteroatoms. The van der Waals surface area contributed by atoms with Gasteiger partial charge < -0.3 is 15.7 Å². The van der Waals surface area contributed by atoms with Crippen LogP contribution in [0, 0.1) is 5.92 Å². The van der Waals surface area contributed by atoms with Crippen molar-refractivity contribution in [2.24, 2.45) is 11.7 Å². The first-order valence-electron chi connectivity index (χ1n) is 10.7. The molecule has 0 saturated carbocycles. The average molecular weight is 425 g/mol. The van der Waals surface area contributed by atoms with Crippen molar-refractivity contribution >= 4 is 17.7 Å². The normalized spacial score (nSPS) is 16.4. The van der Waals surface area contributed by atoms with Crippen molar-refractivity contribution in [1.29, 1.82) is 0 Å². The van der Waals surface area contributed by atoms with E-state index in [0.717, 1.165) is 24.0 Å². The summed E-state index contributed by atoms with van der Waals surface area (Å²) in [5.74, 6) is -0.706. The molecule has 1 unspecified atom stereocenters. The molecule has 1 amide bonds. The zero-order valence-electron chi connectivity index (χ0n) is 18.2. The summed E-state index contributed by atoms with van der Waals surface area (Å²) < 4.78 is 0. The Hall–Kier alpha value is -2.99. The number of carboxylic acids is 1.